The van der Waals surface area contributed by atoms with Gasteiger partial charge < -0.3 is 10.3 Å². The van der Waals surface area contributed by atoms with Crippen molar-refractivity contribution in [1.29, 1.82) is 0 Å². The van der Waals surface area contributed by atoms with Crippen LogP contribution in [0.1, 0.15) is 11.1 Å². The first kappa shape index (κ1) is 12.7. The van der Waals surface area contributed by atoms with Crippen molar-refractivity contribution in [2.24, 2.45) is 0 Å². The van der Waals surface area contributed by atoms with E-state index in [1.54, 1.807) is 12.1 Å². The van der Waals surface area contributed by atoms with Gasteiger partial charge in [0.05, 0.1) is 11.0 Å². The van der Waals surface area contributed by atoms with Gasteiger partial charge in [-0.3, -0.25) is 0 Å². The Morgan fingerprint density at radius 2 is 2.05 bits per heavy atom. The normalized spacial score (nSPS) is 11.1. The Labute approximate surface area is 116 Å². The van der Waals surface area contributed by atoms with Crippen molar-refractivity contribution in [1.82, 2.24) is 9.55 Å². The number of fused-ring (bicyclic) bond motifs is 1. The first-order chi connectivity index (χ1) is 9.63. The fraction of sp³-hybridized carbons (Fsp3) is 0.188. The third-order valence-corrected chi connectivity index (χ3v) is 3.45. The minimum Gasteiger partial charge on any atom is -0.369 e. The zero-order chi connectivity index (χ0) is 14.1. The largest absolute Gasteiger partial charge is 0.369 e. The van der Waals surface area contributed by atoms with E-state index in [0.29, 0.717) is 12.5 Å². The van der Waals surface area contributed by atoms with Gasteiger partial charge in [0, 0.05) is 6.54 Å². The van der Waals surface area contributed by atoms with Gasteiger partial charge in [-0.15, -0.1) is 0 Å². The van der Waals surface area contributed by atoms with Gasteiger partial charge in [0.15, 0.2) is 0 Å². The van der Waals surface area contributed by atoms with Gasteiger partial charge in [-0.05, 0) is 48.7 Å². The van der Waals surface area contributed by atoms with Crippen molar-refractivity contribution in [3.63, 3.8) is 0 Å². The highest BCUT2D eigenvalue weighted by Gasteiger charge is 2.08. The molecule has 20 heavy (non-hydrogen) atoms. The van der Waals surface area contributed by atoms with Crippen molar-refractivity contribution in [2.45, 2.75) is 19.9 Å². The van der Waals surface area contributed by atoms with Gasteiger partial charge in [0.1, 0.15) is 5.82 Å². The average Bonchev–Trinajstić information content (AvgIpc) is 2.72. The summed E-state index contributed by atoms with van der Waals surface area (Å²) in [6, 6.07) is 12.7. The first-order valence-corrected chi connectivity index (χ1v) is 6.60. The van der Waals surface area contributed by atoms with Crippen LogP contribution in [0.5, 0.6) is 0 Å². The number of hydrogen-bond acceptors (Lipinski definition) is 2. The van der Waals surface area contributed by atoms with E-state index < -0.39 is 0 Å². The van der Waals surface area contributed by atoms with Crippen LogP contribution in [0, 0.1) is 12.7 Å². The van der Waals surface area contributed by atoms with Gasteiger partial charge in [-0.25, -0.2) is 9.37 Å². The van der Waals surface area contributed by atoms with Crippen molar-refractivity contribution in [3.05, 3.63) is 59.4 Å². The molecule has 0 fully saturated rings. The van der Waals surface area contributed by atoms with Crippen molar-refractivity contribution < 1.29 is 4.39 Å². The summed E-state index contributed by atoms with van der Waals surface area (Å²) >= 11 is 0. The van der Waals surface area contributed by atoms with Gasteiger partial charge in [-0.1, -0.05) is 18.2 Å². The van der Waals surface area contributed by atoms with Crippen molar-refractivity contribution in [2.75, 3.05) is 5.73 Å². The molecule has 1 aromatic heterocycles. The number of rotatable bonds is 3. The number of benzene rings is 2. The first-order valence-electron chi connectivity index (χ1n) is 6.60. The number of nitrogen functional groups attached to an aromatic ring is 1. The maximum absolute atomic E-state index is 13.2. The van der Waals surface area contributed by atoms with Crippen LogP contribution in [-0.2, 0) is 13.0 Å². The molecule has 0 radical (unpaired) electrons. The predicted octanol–water partition coefficient (Wildman–Crippen LogP) is 3.31. The van der Waals surface area contributed by atoms with Gasteiger partial charge in [0.2, 0.25) is 5.95 Å². The Morgan fingerprint density at radius 1 is 1.20 bits per heavy atom. The lowest BCUT2D eigenvalue weighted by molar-refractivity contribution is 0.623. The second-order valence-corrected chi connectivity index (χ2v) is 4.99. The van der Waals surface area contributed by atoms with E-state index in [9.17, 15) is 4.39 Å². The summed E-state index contributed by atoms with van der Waals surface area (Å²) in [7, 11) is 0. The highest BCUT2D eigenvalue weighted by molar-refractivity contribution is 5.79. The third kappa shape index (κ3) is 2.37. The van der Waals surface area contributed by atoms with E-state index in [-0.39, 0.29) is 5.82 Å². The van der Waals surface area contributed by atoms with Crippen LogP contribution in [0.15, 0.2) is 42.5 Å². The molecule has 0 aliphatic heterocycles. The molecule has 3 nitrogen and oxygen atoms in total. The van der Waals surface area contributed by atoms with E-state index in [2.05, 4.69) is 11.1 Å². The number of nitrogens with two attached hydrogens (primary N) is 1. The van der Waals surface area contributed by atoms with Crippen LogP contribution in [0.3, 0.4) is 0 Å². The standard InChI is InChI=1S/C16H16FN3/c1-11-5-6-14-15(9-11)20(16(18)19-14)8-7-12-3-2-4-13(17)10-12/h2-6,9-10H,7-8H2,1H3,(H2,18,19). The molecule has 3 aromatic rings. The lowest BCUT2D eigenvalue weighted by atomic mass is 10.1. The summed E-state index contributed by atoms with van der Waals surface area (Å²) in [5.41, 5.74) is 10.0. The Bertz CT molecular complexity index is 762. The van der Waals surface area contributed by atoms with Crippen molar-refractivity contribution in [3.8, 4) is 0 Å². The second kappa shape index (κ2) is 4.96. The predicted molar refractivity (Wildman–Crippen MR) is 79.0 cm³/mol. The van der Waals surface area contributed by atoms with Gasteiger partial charge >= 0.3 is 0 Å². The molecule has 0 saturated carbocycles. The summed E-state index contributed by atoms with van der Waals surface area (Å²) in [4.78, 5) is 4.35. The van der Waals surface area contributed by atoms with E-state index in [0.717, 1.165) is 23.0 Å². The number of hydrogen-bond donors (Lipinski definition) is 1. The summed E-state index contributed by atoms with van der Waals surface area (Å²) in [6.45, 7) is 2.73. The summed E-state index contributed by atoms with van der Waals surface area (Å²) in [5, 5.41) is 0. The SMILES string of the molecule is Cc1ccc2nc(N)n(CCc3cccc(F)c3)c2c1. The Balaban J connectivity index is 1.90. The molecule has 0 aliphatic rings. The molecule has 0 spiro atoms. The average molecular weight is 269 g/mol. The van der Waals surface area contributed by atoms with E-state index in [4.69, 9.17) is 5.73 Å². The van der Waals surface area contributed by atoms with Gasteiger partial charge in [-0.2, -0.15) is 0 Å². The zero-order valence-corrected chi connectivity index (χ0v) is 11.3. The molecule has 102 valence electrons. The molecule has 0 bridgehead atoms. The van der Waals surface area contributed by atoms with Crippen LogP contribution in [0.2, 0.25) is 0 Å². The molecule has 4 heteroatoms. The van der Waals surface area contributed by atoms with E-state index in [1.807, 2.05) is 29.7 Å². The van der Waals surface area contributed by atoms with Crippen LogP contribution in [0.4, 0.5) is 10.3 Å². The molecular weight excluding hydrogens is 253 g/mol. The maximum Gasteiger partial charge on any atom is 0.201 e. The third-order valence-electron chi connectivity index (χ3n) is 3.45. The molecule has 2 N–H and O–H groups in total. The Morgan fingerprint density at radius 3 is 2.85 bits per heavy atom. The molecule has 3 rings (SSSR count). The lowest BCUT2D eigenvalue weighted by Crippen LogP contribution is -2.05. The number of halogens is 1. The fourth-order valence-electron chi connectivity index (χ4n) is 2.42. The molecule has 2 aromatic carbocycles. The number of aromatic nitrogens is 2. The maximum atomic E-state index is 13.2. The monoisotopic (exact) mass is 269 g/mol. The summed E-state index contributed by atoms with van der Waals surface area (Å²) < 4.78 is 15.2. The highest BCUT2D eigenvalue weighted by atomic mass is 19.1. The Hall–Kier alpha value is -2.36. The smallest absolute Gasteiger partial charge is 0.201 e. The number of anilines is 1. The van der Waals surface area contributed by atoms with E-state index >= 15 is 0 Å². The second-order valence-electron chi connectivity index (χ2n) is 4.99. The fourth-order valence-corrected chi connectivity index (χ4v) is 2.42. The highest BCUT2D eigenvalue weighted by Crippen LogP contribution is 2.20. The molecule has 0 atom stereocenters. The van der Waals surface area contributed by atoms with Crippen molar-refractivity contribution >= 4 is 17.0 Å². The molecule has 0 saturated heterocycles. The molecule has 0 aliphatic carbocycles. The zero-order valence-electron chi connectivity index (χ0n) is 11.3. The van der Waals surface area contributed by atoms with Gasteiger partial charge in [0.25, 0.3) is 0 Å². The number of nitrogens with zero attached hydrogens (tertiary/aromatic N) is 2. The number of aryl methyl sites for hydroxylation is 3. The lowest BCUT2D eigenvalue weighted by Gasteiger charge is -2.07. The topological polar surface area (TPSA) is 43.8 Å². The van der Waals surface area contributed by atoms with Crippen LogP contribution in [0.25, 0.3) is 11.0 Å². The van der Waals surface area contributed by atoms with Crippen LogP contribution in [-0.4, -0.2) is 9.55 Å². The minimum atomic E-state index is -0.207. The quantitative estimate of drug-likeness (QED) is 0.792. The minimum absolute atomic E-state index is 0.207. The number of imidazole rings is 1. The summed E-state index contributed by atoms with van der Waals surface area (Å²) in [6.07, 6.45) is 0.724. The molecule has 0 amide bonds. The molecule has 0 unspecified atom stereocenters. The van der Waals surface area contributed by atoms with E-state index in [1.165, 1.54) is 11.6 Å². The molecular formula is C16H16FN3. The van der Waals surface area contributed by atoms with Crippen LogP contribution < -0.4 is 5.73 Å². The van der Waals surface area contributed by atoms with Crippen LogP contribution >= 0.6 is 0 Å². The molecule has 1 heterocycles. The summed E-state index contributed by atoms with van der Waals surface area (Å²) in [5.74, 6) is 0.295. The Kier molecular flexibility index (Phi) is 3.14.